The van der Waals surface area contributed by atoms with Gasteiger partial charge in [-0.1, -0.05) is 134 Å². The highest BCUT2D eigenvalue weighted by Crippen LogP contribution is 2.23. The van der Waals surface area contributed by atoms with Crippen molar-refractivity contribution in [2.24, 2.45) is 0 Å². The van der Waals surface area contributed by atoms with Gasteiger partial charge in [0.25, 0.3) is 0 Å². The van der Waals surface area contributed by atoms with Crippen LogP contribution in [0.3, 0.4) is 0 Å². The van der Waals surface area contributed by atoms with Crippen LogP contribution < -0.4 is 5.32 Å². The second kappa shape index (κ2) is 34.4. The zero-order valence-corrected chi connectivity index (χ0v) is 34.4. The number of aliphatic hydroxyl groups excluding tert-OH is 7. The number of carbonyl (C=O) groups excluding carboxylic acids is 1. The van der Waals surface area contributed by atoms with E-state index < -0.39 is 74.2 Å². The SMILES string of the molecule is CCCCC/C=C\C/C=C\CCCCCCCCC(O)C(=O)NC(COC1OC(CO)C(O)C(O)C1O)C(O)C(O)CCC/C=C/CCCCCCCCC. The van der Waals surface area contributed by atoms with Gasteiger partial charge in [0.2, 0.25) is 5.91 Å². The maximum atomic E-state index is 13.0. The second-order valence-electron chi connectivity index (χ2n) is 15.4. The molecule has 55 heavy (non-hydrogen) atoms. The predicted molar refractivity (Wildman–Crippen MR) is 219 cm³/mol. The van der Waals surface area contributed by atoms with Crippen molar-refractivity contribution in [2.45, 2.75) is 223 Å². The van der Waals surface area contributed by atoms with Crippen molar-refractivity contribution in [1.82, 2.24) is 5.32 Å². The molecule has 9 atom stereocenters. The number of allylic oxidation sites excluding steroid dienone is 6. The van der Waals surface area contributed by atoms with Crippen molar-refractivity contribution in [3.8, 4) is 0 Å². The molecule has 0 aromatic heterocycles. The molecule has 1 rings (SSSR count). The highest BCUT2D eigenvalue weighted by molar-refractivity contribution is 5.80. The molecule has 1 aliphatic heterocycles. The lowest BCUT2D eigenvalue weighted by atomic mass is 9.98. The maximum Gasteiger partial charge on any atom is 0.249 e. The molecule has 11 nitrogen and oxygen atoms in total. The summed E-state index contributed by atoms with van der Waals surface area (Å²) in [6.07, 6.45) is 26.2. The van der Waals surface area contributed by atoms with E-state index in [4.69, 9.17) is 9.47 Å². The summed E-state index contributed by atoms with van der Waals surface area (Å²) in [4.78, 5) is 13.0. The van der Waals surface area contributed by atoms with Crippen molar-refractivity contribution in [3.63, 3.8) is 0 Å². The molecule has 0 aromatic rings. The van der Waals surface area contributed by atoms with Crippen LogP contribution in [0, 0.1) is 0 Å². The summed E-state index contributed by atoms with van der Waals surface area (Å²) in [5, 5.41) is 75.4. The summed E-state index contributed by atoms with van der Waals surface area (Å²) in [7, 11) is 0. The summed E-state index contributed by atoms with van der Waals surface area (Å²) in [5.41, 5.74) is 0. The normalized spacial score (nSPS) is 22.8. The molecule has 0 saturated carbocycles. The smallest absolute Gasteiger partial charge is 0.249 e. The Hall–Kier alpha value is -1.67. The van der Waals surface area contributed by atoms with Crippen LogP contribution in [0.2, 0.25) is 0 Å². The van der Waals surface area contributed by atoms with E-state index in [1.54, 1.807) is 0 Å². The predicted octanol–water partition coefficient (Wildman–Crippen LogP) is 6.44. The Morgan fingerprint density at radius 2 is 1.13 bits per heavy atom. The second-order valence-corrected chi connectivity index (χ2v) is 15.4. The Bertz CT molecular complexity index is 992. The molecule has 1 fully saturated rings. The molecule has 1 heterocycles. The molecular formula is C44H81NO10. The molecule has 1 aliphatic rings. The summed E-state index contributed by atoms with van der Waals surface area (Å²) < 4.78 is 11.0. The Morgan fingerprint density at radius 1 is 0.636 bits per heavy atom. The van der Waals surface area contributed by atoms with Gasteiger partial charge in [-0.25, -0.2) is 0 Å². The van der Waals surface area contributed by atoms with E-state index in [0.29, 0.717) is 12.8 Å². The Morgan fingerprint density at radius 3 is 1.71 bits per heavy atom. The standard InChI is InChI=1S/C44H81NO10/c1-3-5-7-9-11-13-15-17-18-19-20-22-24-26-28-30-32-37(48)43(53)45-35(34-54-44-42(52)41(51)40(50)38(33-46)55-44)39(49)36(47)31-29-27-25-23-21-16-14-12-10-8-6-4-2/h11,13,17-18,23,25,35-42,44,46-52H,3-10,12,14-16,19-22,24,26-34H2,1-2H3,(H,45,53)/b13-11-,18-17-,25-23+. The van der Waals surface area contributed by atoms with Gasteiger partial charge in [0.05, 0.1) is 25.4 Å². The Kier molecular flexibility index (Phi) is 32.1. The van der Waals surface area contributed by atoms with Crippen molar-refractivity contribution in [2.75, 3.05) is 13.2 Å². The summed E-state index contributed by atoms with van der Waals surface area (Å²) in [5.74, 6) is -0.718. The van der Waals surface area contributed by atoms with E-state index in [0.717, 1.165) is 64.2 Å². The fraction of sp³-hybridized carbons (Fsp3) is 0.841. The largest absolute Gasteiger partial charge is 0.394 e. The van der Waals surface area contributed by atoms with E-state index in [1.165, 1.54) is 64.2 Å². The number of hydrogen-bond acceptors (Lipinski definition) is 10. The fourth-order valence-corrected chi connectivity index (χ4v) is 6.70. The third-order valence-corrected chi connectivity index (χ3v) is 10.4. The van der Waals surface area contributed by atoms with Crippen molar-refractivity contribution in [1.29, 1.82) is 0 Å². The fourth-order valence-electron chi connectivity index (χ4n) is 6.70. The number of unbranched alkanes of at least 4 members (excludes halogenated alkanes) is 17. The average molecular weight is 784 g/mol. The molecular weight excluding hydrogens is 702 g/mol. The highest BCUT2D eigenvalue weighted by atomic mass is 16.7. The monoisotopic (exact) mass is 784 g/mol. The van der Waals surface area contributed by atoms with Gasteiger partial charge >= 0.3 is 0 Å². The van der Waals surface area contributed by atoms with Crippen LogP contribution in [0.5, 0.6) is 0 Å². The van der Waals surface area contributed by atoms with Crippen LogP contribution in [-0.4, -0.2) is 110 Å². The quantitative estimate of drug-likeness (QED) is 0.0262. The van der Waals surface area contributed by atoms with Gasteiger partial charge in [0.15, 0.2) is 6.29 Å². The van der Waals surface area contributed by atoms with Gasteiger partial charge in [0.1, 0.15) is 36.6 Å². The minimum absolute atomic E-state index is 0.241. The van der Waals surface area contributed by atoms with Crippen LogP contribution in [0.1, 0.15) is 168 Å². The number of nitrogens with one attached hydrogen (secondary N) is 1. The minimum Gasteiger partial charge on any atom is -0.394 e. The first-order valence-corrected chi connectivity index (χ1v) is 21.9. The van der Waals surface area contributed by atoms with Gasteiger partial charge in [-0.05, 0) is 70.6 Å². The zero-order valence-electron chi connectivity index (χ0n) is 34.4. The number of ether oxygens (including phenoxy) is 2. The molecule has 8 N–H and O–H groups in total. The highest BCUT2D eigenvalue weighted by Gasteiger charge is 2.44. The first kappa shape index (κ1) is 51.3. The molecule has 0 radical (unpaired) electrons. The Balaban J connectivity index is 2.52. The first-order chi connectivity index (χ1) is 26.7. The van der Waals surface area contributed by atoms with Crippen LogP contribution in [0.4, 0.5) is 0 Å². The van der Waals surface area contributed by atoms with Crippen molar-refractivity contribution >= 4 is 5.91 Å². The summed E-state index contributed by atoms with van der Waals surface area (Å²) >= 11 is 0. The molecule has 1 saturated heterocycles. The molecule has 0 aromatic carbocycles. The van der Waals surface area contributed by atoms with Crippen molar-refractivity contribution in [3.05, 3.63) is 36.5 Å². The van der Waals surface area contributed by atoms with E-state index in [1.807, 2.05) is 0 Å². The number of rotatable bonds is 35. The average Bonchev–Trinajstić information content (AvgIpc) is 3.18. The van der Waals surface area contributed by atoms with E-state index >= 15 is 0 Å². The van der Waals surface area contributed by atoms with E-state index in [9.17, 15) is 40.5 Å². The number of aliphatic hydroxyl groups is 7. The number of hydrogen-bond donors (Lipinski definition) is 8. The lowest BCUT2D eigenvalue weighted by Gasteiger charge is -2.40. The van der Waals surface area contributed by atoms with Crippen molar-refractivity contribution < 1.29 is 50.0 Å². The molecule has 0 bridgehead atoms. The lowest BCUT2D eigenvalue weighted by molar-refractivity contribution is -0.303. The van der Waals surface area contributed by atoms with Gasteiger partial charge in [-0.3, -0.25) is 4.79 Å². The molecule has 0 aliphatic carbocycles. The van der Waals surface area contributed by atoms with Crippen LogP contribution in [-0.2, 0) is 14.3 Å². The number of amides is 1. The molecule has 9 unspecified atom stereocenters. The maximum absolute atomic E-state index is 13.0. The number of carbonyl (C=O) groups is 1. The summed E-state index contributed by atoms with van der Waals surface area (Å²) in [6.45, 7) is 3.36. The summed E-state index contributed by atoms with van der Waals surface area (Å²) in [6, 6.07) is -1.19. The topological polar surface area (TPSA) is 189 Å². The van der Waals surface area contributed by atoms with Crippen LogP contribution in [0.15, 0.2) is 36.5 Å². The van der Waals surface area contributed by atoms with Gasteiger partial charge in [0, 0.05) is 0 Å². The molecule has 1 amide bonds. The first-order valence-electron chi connectivity index (χ1n) is 21.9. The molecule has 322 valence electrons. The third-order valence-electron chi connectivity index (χ3n) is 10.4. The Labute approximate surface area is 333 Å². The van der Waals surface area contributed by atoms with Gasteiger partial charge in [-0.15, -0.1) is 0 Å². The minimum atomic E-state index is -1.67. The third kappa shape index (κ3) is 24.7. The van der Waals surface area contributed by atoms with Gasteiger partial charge in [-0.2, -0.15) is 0 Å². The lowest BCUT2D eigenvalue weighted by Crippen LogP contribution is -2.60. The van der Waals surface area contributed by atoms with Crippen LogP contribution in [0.25, 0.3) is 0 Å². The van der Waals surface area contributed by atoms with E-state index in [-0.39, 0.29) is 12.8 Å². The molecule has 11 heteroatoms. The van der Waals surface area contributed by atoms with Gasteiger partial charge < -0.3 is 50.5 Å². The molecule has 0 spiro atoms. The zero-order chi connectivity index (χ0) is 40.5. The van der Waals surface area contributed by atoms with E-state index in [2.05, 4.69) is 55.6 Å². The van der Waals surface area contributed by atoms with Crippen LogP contribution >= 0.6 is 0 Å².